The van der Waals surface area contributed by atoms with Crippen molar-refractivity contribution in [3.8, 4) is 22.6 Å². The van der Waals surface area contributed by atoms with Crippen molar-refractivity contribution in [1.82, 2.24) is 4.98 Å². The van der Waals surface area contributed by atoms with Crippen molar-refractivity contribution in [2.75, 3.05) is 14.2 Å². The zero-order valence-electron chi connectivity index (χ0n) is 12.1. The monoisotopic (exact) mass is 315 g/mol. The first-order valence-corrected chi connectivity index (χ1v) is 7.05. The summed E-state index contributed by atoms with van der Waals surface area (Å²) in [4.78, 5) is 14.7. The fraction of sp³-hybridized carbons (Fsp3) is 0.118. The molecule has 0 aliphatic rings. The first-order valence-electron chi connectivity index (χ1n) is 6.67. The number of aromatic amines is 1. The van der Waals surface area contributed by atoms with E-state index >= 15 is 0 Å². The Hall–Kier alpha value is -2.46. The lowest BCUT2D eigenvalue weighted by molar-refractivity contribution is 0.355. The number of aromatic nitrogens is 1. The van der Waals surface area contributed by atoms with Crippen LogP contribution < -0.4 is 15.0 Å². The minimum absolute atomic E-state index is 0.167. The molecule has 0 amide bonds. The van der Waals surface area contributed by atoms with Crippen LogP contribution in [0.1, 0.15) is 0 Å². The van der Waals surface area contributed by atoms with Crippen LogP contribution in [0.5, 0.6) is 11.5 Å². The zero-order valence-corrected chi connectivity index (χ0v) is 12.9. The van der Waals surface area contributed by atoms with Crippen LogP contribution in [0.15, 0.2) is 47.3 Å². The molecule has 0 bridgehead atoms. The molecule has 3 rings (SSSR count). The molecule has 4 nitrogen and oxygen atoms in total. The molecule has 22 heavy (non-hydrogen) atoms. The quantitative estimate of drug-likeness (QED) is 0.798. The smallest absolute Gasteiger partial charge is 0.249 e. The number of hydrogen-bond acceptors (Lipinski definition) is 3. The standard InChI is InChI=1S/C17H14ClNO3/c1-21-15-6-3-10(7-16(15)22-2)12-9-17(20)19-14-5-4-11(18)8-13(12)14/h3-9H,1-2H3,(H,19,20). The molecule has 112 valence electrons. The molecule has 0 fully saturated rings. The number of nitrogens with one attached hydrogen (secondary N) is 1. The molecule has 3 aromatic rings. The van der Waals surface area contributed by atoms with Crippen molar-refractivity contribution >= 4 is 22.5 Å². The van der Waals surface area contributed by atoms with E-state index in [1.165, 1.54) is 0 Å². The normalized spacial score (nSPS) is 10.7. The summed E-state index contributed by atoms with van der Waals surface area (Å²) in [5, 5.41) is 1.49. The molecule has 5 heteroatoms. The topological polar surface area (TPSA) is 51.3 Å². The predicted molar refractivity (Wildman–Crippen MR) is 88.1 cm³/mol. The highest BCUT2D eigenvalue weighted by molar-refractivity contribution is 6.31. The van der Waals surface area contributed by atoms with Crippen molar-refractivity contribution in [2.24, 2.45) is 0 Å². The maximum absolute atomic E-state index is 11.9. The molecule has 0 aliphatic carbocycles. The molecule has 0 spiro atoms. The van der Waals surface area contributed by atoms with E-state index in [1.807, 2.05) is 24.3 Å². The van der Waals surface area contributed by atoms with Gasteiger partial charge in [0, 0.05) is 22.0 Å². The number of hydrogen-bond donors (Lipinski definition) is 1. The van der Waals surface area contributed by atoms with Crippen LogP contribution in [0, 0.1) is 0 Å². The van der Waals surface area contributed by atoms with Gasteiger partial charge in [0.2, 0.25) is 5.56 Å². The van der Waals surface area contributed by atoms with E-state index in [9.17, 15) is 4.79 Å². The number of methoxy groups -OCH3 is 2. The Bertz CT molecular complexity index is 902. The highest BCUT2D eigenvalue weighted by Gasteiger charge is 2.10. The summed E-state index contributed by atoms with van der Waals surface area (Å²) in [6.45, 7) is 0. The fourth-order valence-corrected chi connectivity index (χ4v) is 2.64. The van der Waals surface area contributed by atoms with Gasteiger partial charge in [-0.2, -0.15) is 0 Å². The molecular weight excluding hydrogens is 302 g/mol. The van der Waals surface area contributed by atoms with Gasteiger partial charge < -0.3 is 14.5 Å². The van der Waals surface area contributed by atoms with Gasteiger partial charge in [-0.1, -0.05) is 17.7 Å². The Morgan fingerprint density at radius 2 is 1.73 bits per heavy atom. The summed E-state index contributed by atoms with van der Waals surface area (Å²) in [7, 11) is 3.16. The van der Waals surface area contributed by atoms with Crippen LogP contribution in [-0.2, 0) is 0 Å². The van der Waals surface area contributed by atoms with Gasteiger partial charge >= 0.3 is 0 Å². The average Bonchev–Trinajstić information content (AvgIpc) is 2.53. The van der Waals surface area contributed by atoms with E-state index in [2.05, 4.69) is 4.98 Å². The van der Waals surface area contributed by atoms with Crippen LogP contribution in [-0.4, -0.2) is 19.2 Å². The van der Waals surface area contributed by atoms with Crippen molar-refractivity contribution < 1.29 is 9.47 Å². The highest BCUT2D eigenvalue weighted by Crippen LogP contribution is 2.34. The number of pyridine rings is 1. The predicted octanol–water partition coefficient (Wildman–Crippen LogP) is 3.87. The lowest BCUT2D eigenvalue weighted by Gasteiger charge is -2.11. The van der Waals surface area contributed by atoms with Crippen molar-refractivity contribution in [3.63, 3.8) is 0 Å². The van der Waals surface area contributed by atoms with Gasteiger partial charge in [0.15, 0.2) is 11.5 Å². The summed E-state index contributed by atoms with van der Waals surface area (Å²) in [6, 6.07) is 12.5. The minimum Gasteiger partial charge on any atom is -0.493 e. The van der Waals surface area contributed by atoms with E-state index in [0.29, 0.717) is 16.5 Å². The van der Waals surface area contributed by atoms with Crippen molar-refractivity contribution in [2.45, 2.75) is 0 Å². The van der Waals surface area contributed by atoms with Crippen LogP contribution in [0.25, 0.3) is 22.0 Å². The van der Waals surface area contributed by atoms with Gasteiger partial charge in [0.05, 0.1) is 14.2 Å². The third-order valence-corrected chi connectivity index (χ3v) is 3.73. The van der Waals surface area contributed by atoms with E-state index in [1.54, 1.807) is 32.4 Å². The number of ether oxygens (including phenoxy) is 2. The van der Waals surface area contributed by atoms with Gasteiger partial charge in [-0.15, -0.1) is 0 Å². The van der Waals surface area contributed by atoms with E-state index in [0.717, 1.165) is 22.0 Å². The molecule has 0 aliphatic heterocycles. The van der Waals surface area contributed by atoms with Crippen LogP contribution in [0.4, 0.5) is 0 Å². The van der Waals surface area contributed by atoms with E-state index in [-0.39, 0.29) is 5.56 Å². The van der Waals surface area contributed by atoms with Gasteiger partial charge in [0.1, 0.15) is 0 Å². The molecule has 1 heterocycles. The summed E-state index contributed by atoms with van der Waals surface area (Å²) in [5.41, 5.74) is 2.22. The first kappa shape index (κ1) is 14.5. The highest BCUT2D eigenvalue weighted by atomic mass is 35.5. The summed E-state index contributed by atoms with van der Waals surface area (Å²) < 4.78 is 10.6. The first-order chi connectivity index (χ1) is 10.6. The summed E-state index contributed by atoms with van der Waals surface area (Å²) in [6.07, 6.45) is 0. The molecule has 1 N–H and O–H groups in total. The number of rotatable bonds is 3. The number of halogens is 1. The second-order valence-electron chi connectivity index (χ2n) is 4.81. The SMILES string of the molecule is COc1ccc(-c2cc(=O)[nH]c3ccc(Cl)cc23)cc1OC. The van der Waals surface area contributed by atoms with E-state index in [4.69, 9.17) is 21.1 Å². The number of H-pyrrole nitrogens is 1. The minimum atomic E-state index is -0.167. The zero-order chi connectivity index (χ0) is 15.7. The van der Waals surface area contributed by atoms with Gasteiger partial charge in [-0.3, -0.25) is 4.79 Å². The second-order valence-corrected chi connectivity index (χ2v) is 5.24. The Labute approximate surface area is 132 Å². The van der Waals surface area contributed by atoms with Crippen LogP contribution >= 0.6 is 11.6 Å². The Kier molecular flexibility index (Phi) is 3.77. The van der Waals surface area contributed by atoms with Crippen LogP contribution in [0.3, 0.4) is 0 Å². The van der Waals surface area contributed by atoms with Gasteiger partial charge in [0.25, 0.3) is 0 Å². The second kappa shape index (κ2) is 5.73. The van der Waals surface area contributed by atoms with Crippen molar-refractivity contribution in [3.05, 3.63) is 57.8 Å². The molecule has 0 atom stereocenters. The lowest BCUT2D eigenvalue weighted by Crippen LogP contribution is -2.04. The molecule has 0 unspecified atom stereocenters. The number of fused-ring (bicyclic) bond motifs is 1. The average molecular weight is 316 g/mol. The molecular formula is C17H14ClNO3. The Morgan fingerprint density at radius 3 is 2.45 bits per heavy atom. The maximum atomic E-state index is 11.9. The molecule has 1 aromatic heterocycles. The Balaban J connectivity index is 2.29. The molecule has 0 saturated carbocycles. The van der Waals surface area contributed by atoms with Gasteiger partial charge in [-0.05, 0) is 41.5 Å². The lowest BCUT2D eigenvalue weighted by atomic mass is 10.0. The van der Waals surface area contributed by atoms with Gasteiger partial charge in [-0.25, -0.2) is 0 Å². The molecule has 0 saturated heterocycles. The maximum Gasteiger partial charge on any atom is 0.249 e. The van der Waals surface area contributed by atoms with Crippen LogP contribution in [0.2, 0.25) is 5.02 Å². The molecule has 0 radical (unpaired) electrons. The third-order valence-electron chi connectivity index (χ3n) is 3.50. The summed E-state index contributed by atoms with van der Waals surface area (Å²) in [5.74, 6) is 1.24. The number of benzene rings is 2. The Morgan fingerprint density at radius 1 is 0.955 bits per heavy atom. The fourth-order valence-electron chi connectivity index (χ4n) is 2.47. The summed E-state index contributed by atoms with van der Waals surface area (Å²) >= 11 is 6.09. The van der Waals surface area contributed by atoms with E-state index < -0.39 is 0 Å². The third kappa shape index (κ3) is 2.53. The molecule has 2 aromatic carbocycles. The largest absolute Gasteiger partial charge is 0.493 e. The van der Waals surface area contributed by atoms with Crippen molar-refractivity contribution in [1.29, 1.82) is 0 Å².